The van der Waals surface area contributed by atoms with E-state index in [-0.39, 0.29) is 5.00 Å². The van der Waals surface area contributed by atoms with E-state index < -0.39 is 8.80 Å². The fraction of sp³-hybridized carbons (Fsp3) is 1.00. The van der Waals surface area contributed by atoms with Gasteiger partial charge >= 0.3 is 8.80 Å². The first-order chi connectivity index (χ1) is 8.66. The van der Waals surface area contributed by atoms with Crippen LogP contribution in [0.2, 0.25) is 0 Å². The Kier molecular flexibility index (Phi) is 11.5. The van der Waals surface area contributed by atoms with Crippen LogP contribution in [-0.4, -0.2) is 33.6 Å². The van der Waals surface area contributed by atoms with Gasteiger partial charge in [-0.1, -0.05) is 32.6 Å². The zero-order valence-corrected chi connectivity index (χ0v) is 14.1. The van der Waals surface area contributed by atoms with E-state index in [1.165, 1.54) is 19.3 Å². The van der Waals surface area contributed by atoms with Crippen LogP contribution in [0.1, 0.15) is 59.8 Å². The molecule has 1 atom stereocenters. The summed E-state index contributed by atoms with van der Waals surface area (Å²) in [6.07, 6.45) is 5.74. The number of alkyl halides is 1. The molecule has 0 bridgehead atoms. The molecule has 0 saturated heterocycles. The van der Waals surface area contributed by atoms with Crippen molar-refractivity contribution in [1.29, 1.82) is 0 Å². The second kappa shape index (κ2) is 11.2. The molecule has 0 radical (unpaired) electrons. The van der Waals surface area contributed by atoms with Gasteiger partial charge in [-0.25, -0.2) is 0 Å². The monoisotopic (exact) mass is 296 g/mol. The minimum Gasteiger partial charge on any atom is -0.373 e. The Balaban J connectivity index is 4.39. The number of halogens is 1. The highest BCUT2D eigenvalue weighted by Gasteiger charge is 2.48. The maximum absolute atomic E-state index is 6.51. The number of unbranched alkanes of at least 4 members (excludes halogenated alkanes) is 3. The van der Waals surface area contributed by atoms with E-state index in [1.54, 1.807) is 0 Å². The molecule has 0 aromatic heterocycles. The summed E-state index contributed by atoms with van der Waals surface area (Å²) in [7, 11) is -2.69. The molecule has 0 heterocycles. The molecule has 0 aromatic rings. The molecule has 0 aliphatic rings. The fourth-order valence-corrected chi connectivity index (χ4v) is 5.21. The first kappa shape index (κ1) is 18.4. The summed E-state index contributed by atoms with van der Waals surface area (Å²) in [5, 5.41) is -0.130. The van der Waals surface area contributed by atoms with Crippen LogP contribution in [0.15, 0.2) is 0 Å². The van der Waals surface area contributed by atoms with Gasteiger partial charge in [0, 0.05) is 19.8 Å². The van der Waals surface area contributed by atoms with Crippen molar-refractivity contribution in [2.75, 3.05) is 19.8 Å². The van der Waals surface area contributed by atoms with Crippen molar-refractivity contribution < 1.29 is 13.3 Å². The highest BCUT2D eigenvalue weighted by atomic mass is 35.5. The summed E-state index contributed by atoms with van der Waals surface area (Å²) in [6.45, 7) is 9.85. The molecule has 0 aliphatic heterocycles. The lowest BCUT2D eigenvalue weighted by molar-refractivity contribution is 0.0680. The number of hydrogen-bond donors (Lipinski definition) is 0. The zero-order chi connectivity index (χ0) is 13.9. The molecule has 0 saturated carbocycles. The molecular weight excluding hydrogens is 268 g/mol. The smallest absolute Gasteiger partial charge is 0.373 e. The first-order valence-electron chi connectivity index (χ1n) is 7.22. The van der Waals surface area contributed by atoms with Crippen LogP contribution >= 0.6 is 11.6 Å². The lowest BCUT2D eigenvalue weighted by atomic mass is 10.2. The second-order valence-corrected chi connectivity index (χ2v) is 7.88. The van der Waals surface area contributed by atoms with Gasteiger partial charge in [0.1, 0.15) is 5.00 Å². The van der Waals surface area contributed by atoms with Gasteiger partial charge in [-0.2, -0.15) is 0 Å². The molecule has 0 aliphatic carbocycles. The van der Waals surface area contributed by atoms with E-state index in [0.29, 0.717) is 19.8 Å². The number of hydrogen-bond acceptors (Lipinski definition) is 3. The normalized spacial score (nSPS) is 13.8. The third-order valence-corrected chi connectivity index (χ3v) is 6.88. The number of rotatable bonds is 12. The van der Waals surface area contributed by atoms with Gasteiger partial charge in [-0.15, -0.1) is 11.6 Å². The van der Waals surface area contributed by atoms with Gasteiger partial charge in [0.15, 0.2) is 0 Å². The molecule has 5 heteroatoms. The van der Waals surface area contributed by atoms with Crippen molar-refractivity contribution >= 4 is 20.4 Å². The maximum Gasteiger partial charge on any atom is 0.519 e. The Hall–Kier alpha value is 0.387. The van der Waals surface area contributed by atoms with Gasteiger partial charge in [-0.05, 0) is 27.2 Å². The van der Waals surface area contributed by atoms with Gasteiger partial charge < -0.3 is 13.3 Å². The minimum atomic E-state index is -2.69. The highest BCUT2D eigenvalue weighted by molar-refractivity contribution is 6.71. The first-order valence-corrected chi connectivity index (χ1v) is 9.46. The van der Waals surface area contributed by atoms with Crippen molar-refractivity contribution in [3.05, 3.63) is 0 Å². The highest BCUT2D eigenvalue weighted by Crippen LogP contribution is 2.24. The quantitative estimate of drug-likeness (QED) is 0.308. The van der Waals surface area contributed by atoms with Crippen molar-refractivity contribution in [3.8, 4) is 0 Å². The molecule has 0 rings (SSSR count). The van der Waals surface area contributed by atoms with Gasteiger partial charge in [-0.3, -0.25) is 0 Å². The molecule has 0 aromatic carbocycles. The summed E-state index contributed by atoms with van der Waals surface area (Å²) < 4.78 is 17.4. The average molecular weight is 297 g/mol. The lowest BCUT2D eigenvalue weighted by Gasteiger charge is -2.32. The third-order valence-electron chi connectivity index (χ3n) is 2.73. The molecule has 18 heavy (non-hydrogen) atoms. The molecule has 0 fully saturated rings. The Labute approximate surface area is 119 Å². The van der Waals surface area contributed by atoms with Crippen molar-refractivity contribution in [2.24, 2.45) is 0 Å². The fourth-order valence-electron chi connectivity index (χ4n) is 1.93. The van der Waals surface area contributed by atoms with Crippen LogP contribution in [0.5, 0.6) is 0 Å². The van der Waals surface area contributed by atoms with Gasteiger partial charge in [0.25, 0.3) is 0 Å². The molecule has 0 amide bonds. The van der Waals surface area contributed by atoms with Crippen LogP contribution in [0.3, 0.4) is 0 Å². The molecule has 3 nitrogen and oxygen atoms in total. The summed E-state index contributed by atoms with van der Waals surface area (Å²) in [5.74, 6) is 0. The molecule has 0 spiro atoms. The predicted octanol–water partition coefficient (Wildman–Crippen LogP) is 4.15. The molecule has 0 N–H and O–H groups in total. The Morgan fingerprint density at radius 3 is 1.72 bits per heavy atom. The van der Waals surface area contributed by atoms with E-state index in [2.05, 4.69) is 6.92 Å². The van der Waals surface area contributed by atoms with E-state index in [0.717, 1.165) is 12.8 Å². The standard InChI is InChI=1S/C13H29ClO3Si/c1-5-9-10-11-12-13(14)18(15-6-2,16-7-3)17-8-4/h13H,5-12H2,1-4H3. The van der Waals surface area contributed by atoms with Crippen LogP contribution < -0.4 is 0 Å². The van der Waals surface area contributed by atoms with E-state index in [1.807, 2.05) is 20.8 Å². The second-order valence-electron chi connectivity index (χ2n) is 4.22. The van der Waals surface area contributed by atoms with E-state index in [9.17, 15) is 0 Å². The molecule has 1 unspecified atom stereocenters. The zero-order valence-electron chi connectivity index (χ0n) is 12.3. The Morgan fingerprint density at radius 1 is 0.833 bits per heavy atom. The Bertz CT molecular complexity index is 176. The predicted molar refractivity (Wildman–Crippen MR) is 79.0 cm³/mol. The molecule has 110 valence electrons. The maximum atomic E-state index is 6.51. The largest absolute Gasteiger partial charge is 0.519 e. The van der Waals surface area contributed by atoms with Crippen molar-refractivity contribution in [3.63, 3.8) is 0 Å². The van der Waals surface area contributed by atoms with E-state index in [4.69, 9.17) is 24.9 Å². The van der Waals surface area contributed by atoms with E-state index >= 15 is 0 Å². The summed E-state index contributed by atoms with van der Waals surface area (Å²) in [4.78, 5) is 0. The topological polar surface area (TPSA) is 27.7 Å². The van der Waals surface area contributed by atoms with Gasteiger partial charge in [0.2, 0.25) is 0 Å². The minimum absolute atomic E-state index is 0.130. The van der Waals surface area contributed by atoms with Crippen LogP contribution in [-0.2, 0) is 13.3 Å². The lowest BCUT2D eigenvalue weighted by Crippen LogP contribution is -2.54. The Morgan fingerprint density at radius 2 is 1.33 bits per heavy atom. The van der Waals surface area contributed by atoms with Gasteiger partial charge in [0.05, 0.1) is 0 Å². The average Bonchev–Trinajstić information content (AvgIpc) is 2.35. The van der Waals surface area contributed by atoms with Crippen LogP contribution in [0.25, 0.3) is 0 Å². The SMILES string of the molecule is CCCCCCC(Cl)[Si](OCC)(OCC)OCC. The third kappa shape index (κ3) is 6.52. The summed E-state index contributed by atoms with van der Waals surface area (Å²) in [6, 6.07) is 0. The van der Waals surface area contributed by atoms with Crippen LogP contribution in [0, 0.1) is 0 Å². The summed E-state index contributed by atoms with van der Waals surface area (Å²) in [5.41, 5.74) is 0. The van der Waals surface area contributed by atoms with Crippen molar-refractivity contribution in [2.45, 2.75) is 64.8 Å². The molecular formula is C13H29ClO3Si. The summed E-state index contributed by atoms with van der Waals surface area (Å²) >= 11 is 6.51. The van der Waals surface area contributed by atoms with Crippen LogP contribution in [0.4, 0.5) is 0 Å². The van der Waals surface area contributed by atoms with Crippen molar-refractivity contribution in [1.82, 2.24) is 0 Å².